The standard InChI is InChI=1S/C26H33N5O2.HI/c1-20-8-9-23(24(14-20)33-19-22-10-13-32-18-22)15-29-26(27-2)30-16-25-28-11-12-31(25)17-21-6-4-3-5-7-21;/h3-9,11-12,14,22H,10,13,15-19H2,1-2H3,(H2,27,29,30);1H. The van der Waals surface area contributed by atoms with Crippen LogP contribution in [0.4, 0.5) is 0 Å². The van der Waals surface area contributed by atoms with Gasteiger partial charge in [0.25, 0.3) is 0 Å². The van der Waals surface area contributed by atoms with Crippen LogP contribution in [0.3, 0.4) is 0 Å². The van der Waals surface area contributed by atoms with Gasteiger partial charge in [-0.3, -0.25) is 4.99 Å². The van der Waals surface area contributed by atoms with E-state index in [2.05, 4.69) is 74.6 Å². The van der Waals surface area contributed by atoms with Crippen LogP contribution in [-0.2, 0) is 24.4 Å². The third-order valence-electron chi connectivity index (χ3n) is 5.80. The van der Waals surface area contributed by atoms with Gasteiger partial charge < -0.3 is 24.7 Å². The average molecular weight is 575 g/mol. The molecule has 182 valence electrons. The third-order valence-corrected chi connectivity index (χ3v) is 5.80. The Morgan fingerprint density at radius 2 is 2.00 bits per heavy atom. The summed E-state index contributed by atoms with van der Waals surface area (Å²) in [5.41, 5.74) is 3.53. The van der Waals surface area contributed by atoms with Crippen molar-refractivity contribution in [3.63, 3.8) is 0 Å². The second-order valence-corrected chi connectivity index (χ2v) is 8.39. The smallest absolute Gasteiger partial charge is 0.191 e. The normalized spacial score (nSPS) is 15.6. The van der Waals surface area contributed by atoms with E-state index in [0.29, 0.717) is 25.6 Å². The SMILES string of the molecule is CN=C(NCc1ccc(C)cc1OCC1CCOC1)NCc1nccn1Cc1ccccc1.I. The number of hydrogen-bond donors (Lipinski definition) is 2. The zero-order valence-electron chi connectivity index (χ0n) is 19.9. The lowest BCUT2D eigenvalue weighted by Gasteiger charge is -2.17. The van der Waals surface area contributed by atoms with E-state index in [4.69, 9.17) is 9.47 Å². The lowest BCUT2D eigenvalue weighted by Crippen LogP contribution is -2.37. The van der Waals surface area contributed by atoms with Crippen molar-refractivity contribution in [1.29, 1.82) is 0 Å². The van der Waals surface area contributed by atoms with E-state index in [1.54, 1.807) is 7.05 Å². The van der Waals surface area contributed by atoms with Crippen molar-refractivity contribution in [3.05, 3.63) is 83.4 Å². The highest BCUT2D eigenvalue weighted by Gasteiger charge is 2.17. The molecule has 4 rings (SSSR count). The molecule has 0 spiro atoms. The van der Waals surface area contributed by atoms with Gasteiger partial charge in [-0.15, -0.1) is 24.0 Å². The maximum Gasteiger partial charge on any atom is 0.191 e. The first-order valence-electron chi connectivity index (χ1n) is 11.5. The van der Waals surface area contributed by atoms with Crippen LogP contribution < -0.4 is 15.4 Å². The van der Waals surface area contributed by atoms with Crippen molar-refractivity contribution in [1.82, 2.24) is 20.2 Å². The van der Waals surface area contributed by atoms with Crippen molar-refractivity contribution in [3.8, 4) is 5.75 Å². The first kappa shape index (κ1) is 26.0. The number of halogens is 1. The minimum absolute atomic E-state index is 0. The van der Waals surface area contributed by atoms with Crippen molar-refractivity contribution in [2.45, 2.75) is 33.0 Å². The molecule has 1 saturated heterocycles. The first-order valence-corrected chi connectivity index (χ1v) is 11.5. The molecular formula is C26H34IN5O2. The molecule has 1 unspecified atom stereocenters. The lowest BCUT2D eigenvalue weighted by atomic mass is 10.1. The Kier molecular flexibility index (Phi) is 10.2. The van der Waals surface area contributed by atoms with Gasteiger partial charge in [-0.25, -0.2) is 4.98 Å². The maximum absolute atomic E-state index is 6.17. The Balaban J connectivity index is 0.00000324. The van der Waals surface area contributed by atoms with Gasteiger partial charge in [-0.05, 0) is 30.5 Å². The van der Waals surface area contributed by atoms with Crippen molar-refractivity contribution in [2.75, 3.05) is 26.9 Å². The van der Waals surface area contributed by atoms with E-state index in [1.165, 1.54) is 11.1 Å². The van der Waals surface area contributed by atoms with Crippen LogP contribution in [0.15, 0.2) is 65.9 Å². The quantitative estimate of drug-likeness (QED) is 0.228. The number of ether oxygens (including phenoxy) is 2. The highest BCUT2D eigenvalue weighted by Crippen LogP contribution is 2.22. The number of nitrogens with one attached hydrogen (secondary N) is 2. The Labute approximate surface area is 219 Å². The molecule has 0 saturated carbocycles. The summed E-state index contributed by atoms with van der Waals surface area (Å²) in [5, 5.41) is 6.78. The van der Waals surface area contributed by atoms with Crippen LogP contribution in [0, 0.1) is 12.8 Å². The predicted octanol–water partition coefficient (Wildman–Crippen LogP) is 4.14. The summed E-state index contributed by atoms with van der Waals surface area (Å²) in [6.45, 7) is 6.39. The van der Waals surface area contributed by atoms with Crippen molar-refractivity contribution >= 4 is 29.9 Å². The second-order valence-electron chi connectivity index (χ2n) is 8.39. The number of nitrogens with zero attached hydrogens (tertiary/aromatic N) is 3. The monoisotopic (exact) mass is 575 g/mol. The number of aryl methyl sites for hydroxylation is 1. The fourth-order valence-electron chi connectivity index (χ4n) is 3.86. The summed E-state index contributed by atoms with van der Waals surface area (Å²) in [7, 11) is 1.78. The molecule has 7 nitrogen and oxygen atoms in total. The van der Waals surface area contributed by atoms with Gasteiger partial charge in [0.05, 0.1) is 19.8 Å². The van der Waals surface area contributed by atoms with Crippen molar-refractivity contribution < 1.29 is 9.47 Å². The van der Waals surface area contributed by atoms with Gasteiger partial charge >= 0.3 is 0 Å². The van der Waals surface area contributed by atoms with Crippen LogP contribution >= 0.6 is 24.0 Å². The van der Waals surface area contributed by atoms with Gasteiger partial charge in [0.2, 0.25) is 0 Å². The van der Waals surface area contributed by atoms with Gasteiger partial charge in [0, 0.05) is 50.6 Å². The fraction of sp³-hybridized carbons (Fsp3) is 0.385. The molecule has 0 amide bonds. The molecule has 1 fully saturated rings. The van der Waals surface area contributed by atoms with Crippen LogP contribution in [0.5, 0.6) is 5.75 Å². The minimum Gasteiger partial charge on any atom is -0.493 e. The van der Waals surface area contributed by atoms with Crippen LogP contribution in [0.25, 0.3) is 0 Å². The lowest BCUT2D eigenvalue weighted by molar-refractivity contribution is 0.166. The van der Waals surface area contributed by atoms with E-state index in [0.717, 1.165) is 49.3 Å². The summed E-state index contributed by atoms with van der Waals surface area (Å²) < 4.78 is 13.8. The Morgan fingerprint density at radius 1 is 1.18 bits per heavy atom. The minimum atomic E-state index is 0. The molecule has 1 aliphatic rings. The van der Waals surface area contributed by atoms with Gasteiger partial charge in [0.15, 0.2) is 5.96 Å². The molecule has 1 aromatic heterocycles. The first-order chi connectivity index (χ1) is 16.2. The molecule has 2 heterocycles. The maximum atomic E-state index is 6.17. The number of aliphatic imine (C=N–C) groups is 1. The zero-order chi connectivity index (χ0) is 22.9. The van der Waals surface area contributed by atoms with Crippen molar-refractivity contribution in [2.24, 2.45) is 10.9 Å². The summed E-state index contributed by atoms with van der Waals surface area (Å²) >= 11 is 0. The highest BCUT2D eigenvalue weighted by atomic mass is 127. The van der Waals surface area contributed by atoms with E-state index < -0.39 is 0 Å². The second kappa shape index (κ2) is 13.3. The molecule has 0 bridgehead atoms. The molecule has 3 aromatic rings. The molecule has 0 aliphatic carbocycles. The molecule has 34 heavy (non-hydrogen) atoms. The number of guanidine groups is 1. The largest absolute Gasteiger partial charge is 0.493 e. The summed E-state index contributed by atoms with van der Waals surface area (Å²) in [6.07, 6.45) is 4.91. The van der Waals surface area contributed by atoms with E-state index in [1.807, 2.05) is 18.5 Å². The molecule has 1 aliphatic heterocycles. The summed E-state index contributed by atoms with van der Waals surface area (Å²) in [6, 6.07) is 16.7. The Morgan fingerprint density at radius 3 is 2.76 bits per heavy atom. The summed E-state index contributed by atoms with van der Waals surface area (Å²) in [4.78, 5) is 8.88. The topological polar surface area (TPSA) is 72.7 Å². The van der Waals surface area contributed by atoms with Crippen LogP contribution in [0.1, 0.15) is 28.9 Å². The number of hydrogen-bond acceptors (Lipinski definition) is 4. The number of benzene rings is 2. The van der Waals surface area contributed by atoms with Gasteiger partial charge in [-0.1, -0.05) is 42.5 Å². The molecule has 1 atom stereocenters. The fourth-order valence-corrected chi connectivity index (χ4v) is 3.86. The Bertz CT molecular complexity index is 1050. The van der Waals surface area contributed by atoms with Crippen LogP contribution in [0.2, 0.25) is 0 Å². The molecule has 2 aromatic carbocycles. The third kappa shape index (κ3) is 7.46. The van der Waals surface area contributed by atoms with Crippen LogP contribution in [-0.4, -0.2) is 42.4 Å². The molecule has 8 heteroatoms. The molecular weight excluding hydrogens is 541 g/mol. The number of imidazole rings is 1. The number of aromatic nitrogens is 2. The summed E-state index contributed by atoms with van der Waals surface area (Å²) in [5.74, 6) is 3.07. The predicted molar refractivity (Wildman–Crippen MR) is 146 cm³/mol. The zero-order valence-corrected chi connectivity index (χ0v) is 22.2. The van der Waals surface area contributed by atoms with E-state index in [-0.39, 0.29) is 24.0 Å². The van der Waals surface area contributed by atoms with E-state index >= 15 is 0 Å². The number of rotatable bonds is 9. The van der Waals surface area contributed by atoms with Gasteiger partial charge in [-0.2, -0.15) is 0 Å². The molecule has 2 N–H and O–H groups in total. The highest BCUT2D eigenvalue weighted by molar-refractivity contribution is 14.0. The molecule has 0 radical (unpaired) electrons. The average Bonchev–Trinajstić information content (AvgIpc) is 3.52. The Hall–Kier alpha value is -2.59. The van der Waals surface area contributed by atoms with Gasteiger partial charge in [0.1, 0.15) is 11.6 Å². The van der Waals surface area contributed by atoms with E-state index in [9.17, 15) is 0 Å².